The molecule has 28 heavy (non-hydrogen) atoms. The summed E-state index contributed by atoms with van der Waals surface area (Å²) in [4.78, 5) is 7.00. The van der Waals surface area contributed by atoms with E-state index in [4.69, 9.17) is 0 Å². The van der Waals surface area contributed by atoms with Crippen LogP contribution < -0.4 is 15.5 Å². The lowest BCUT2D eigenvalue weighted by atomic mass is 10.1. The van der Waals surface area contributed by atoms with Crippen LogP contribution in [0.2, 0.25) is 0 Å². The third-order valence-electron chi connectivity index (χ3n) is 4.78. The van der Waals surface area contributed by atoms with Crippen LogP contribution in [0.15, 0.2) is 71.7 Å². The number of hydrogen-bond donors (Lipinski definition) is 3. The van der Waals surface area contributed by atoms with Gasteiger partial charge in [-0.1, -0.05) is 54.6 Å². The maximum absolute atomic E-state index is 10.3. The molecule has 1 aliphatic heterocycles. The third kappa shape index (κ3) is 5.86. The summed E-state index contributed by atoms with van der Waals surface area (Å²) in [5.41, 5.74) is 3.37. The van der Waals surface area contributed by atoms with E-state index in [9.17, 15) is 5.11 Å². The predicted molar refractivity (Wildman–Crippen MR) is 117 cm³/mol. The van der Waals surface area contributed by atoms with Crippen LogP contribution >= 0.6 is 0 Å². The zero-order valence-electron chi connectivity index (χ0n) is 16.5. The van der Waals surface area contributed by atoms with Gasteiger partial charge in [0.15, 0.2) is 5.96 Å². The molecule has 0 saturated heterocycles. The standard InChI is InChI=1S/C23H30N4O/c1-2-24-23(25-15-14-22(28)20-8-4-3-5-9-20)26-18-19-10-12-21(13-11-19)27-16-6-7-17-27/h3-13,22,28H,2,14-18H2,1H3,(H2,24,25,26). The fraction of sp³-hybridized carbons (Fsp3) is 0.348. The van der Waals surface area contributed by atoms with Crippen molar-refractivity contribution in [1.82, 2.24) is 10.6 Å². The first kappa shape index (κ1) is 20.0. The Morgan fingerprint density at radius 3 is 2.43 bits per heavy atom. The maximum atomic E-state index is 10.3. The van der Waals surface area contributed by atoms with Crippen molar-refractivity contribution in [3.63, 3.8) is 0 Å². The quantitative estimate of drug-likeness (QED) is 0.375. The van der Waals surface area contributed by atoms with Crippen molar-refractivity contribution in [1.29, 1.82) is 0 Å². The van der Waals surface area contributed by atoms with E-state index in [0.717, 1.165) is 31.2 Å². The Labute approximate surface area is 167 Å². The molecular formula is C23H30N4O. The second-order valence-electron chi connectivity index (χ2n) is 6.88. The van der Waals surface area contributed by atoms with Gasteiger partial charge >= 0.3 is 0 Å². The molecule has 0 amide bonds. The molecule has 2 aromatic rings. The van der Waals surface area contributed by atoms with Gasteiger partial charge in [-0.15, -0.1) is 0 Å². The molecule has 0 aliphatic carbocycles. The van der Waals surface area contributed by atoms with Crippen LogP contribution in [0.3, 0.4) is 0 Å². The summed E-state index contributed by atoms with van der Waals surface area (Å²) in [7, 11) is 0. The largest absolute Gasteiger partial charge is 0.388 e. The molecule has 0 bridgehead atoms. The van der Waals surface area contributed by atoms with Crippen molar-refractivity contribution in [3.05, 3.63) is 77.9 Å². The second kappa shape index (κ2) is 10.5. The van der Waals surface area contributed by atoms with Crippen molar-refractivity contribution in [3.8, 4) is 0 Å². The molecule has 3 N–H and O–H groups in total. The van der Waals surface area contributed by atoms with Crippen LogP contribution in [0.25, 0.3) is 0 Å². The Hall–Kier alpha value is -2.79. The van der Waals surface area contributed by atoms with Crippen LogP contribution in [0.4, 0.5) is 5.69 Å². The number of rotatable bonds is 8. The number of aliphatic hydroxyl groups excluding tert-OH is 1. The summed E-state index contributed by atoms with van der Waals surface area (Å²) in [6, 6.07) is 18.4. The fourth-order valence-corrected chi connectivity index (χ4v) is 3.18. The normalized spacial score (nSPS) is 14.9. The molecule has 2 aromatic carbocycles. The van der Waals surface area contributed by atoms with Crippen LogP contribution in [0.1, 0.15) is 30.6 Å². The van der Waals surface area contributed by atoms with Crippen LogP contribution in [-0.2, 0) is 6.54 Å². The number of nitrogens with zero attached hydrogens (tertiary/aromatic N) is 2. The highest BCUT2D eigenvalue weighted by atomic mass is 16.3. The Bertz CT molecular complexity index is 763. The molecule has 0 fully saturated rings. The summed E-state index contributed by atoms with van der Waals surface area (Å²) in [6.07, 6.45) is 4.56. The minimum Gasteiger partial charge on any atom is -0.388 e. The van der Waals surface area contributed by atoms with Gasteiger partial charge in [0.25, 0.3) is 0 Å². The number of hydrogen-bond acceptors (Lipinski definition) is 3. The monoisotopic (exact) mass is 378 g/mol. The molecule has 3 rings (SSSR count). The fourth-order valence-electron chi connectivity index (χ4n) is 3.18. The summed E-state index contributed by atoms with van der Waals surface area (Å²) in [6.45, 7) is 6.10. The van der Waals surface area contributed by atoms with Gasteiger partial charge in [-0.2, -0.15) is 0 Å². The highest BCUT2D eigenvalue weighted by molar-refractivity contribution is 5.79. The average molecular weight is 379 g/mol. The van der Waals surface area contributed by atoms with E-state index in [2.05, 4.69) is 63.9 Å². The summed E-state index contributed by atoms with van der Waals surface area (Å²) in [5, 5.41) is 16.9. The molecule has 1 aliphatic rings. The number of guanidine groups is 1. The summed E-state index contributed by atoms with van der Waals surface area (Å²) in [5.74, 6) is 0.774. The molecule has 0 saturated carbocycles. The van der Waals surface area contributed by atoms with Crippen LogP contribution in [0, 0.1) is 0 Å². The second-order valence-corrected chi connectivity index (χ2v) is 6.88. The van der Waals surface area contributed by atoms with E-state index in [1.54, 1.807) is 0 Å². The molecule has 5 heteroatoms. The molecule has 1 atom stereocenters. The highest BCUT2D eigenvalue weighted by Gasteiger charge is 2.08. The maximum Gasteiger partial charge on any atom is 0.191 e. The van der Waals surface area contributed by atoms with Gasteiger partial charge in [-0.3, -0.25) is 0 Å². The molecule has 0 aromatic heterocycles. The van der Waals surface area contributed by atoms with Gasteiger partial charge in [-0.25, -0.2) is 4.99 Å². The van der Waals surface area contributed by atoms with Crippen molar-refractivity contribution in [2.75, 3.05) is 31.1 Å². The van der Waals surface area contributed by atoms with E-state index in [-0.39, 0.29) is 0 Å². The first-order chi connectivity index (χ1) is 13.8. The predicted octanol–water partition coefficient (Wildman–Crippen LogP) is 3.24. The van der Waals surface area contributed by atoms with Crippen molar-refractivity contribution >= 4 is 11.6 Å². The number of aliphatic imine (C=N–C) groups is 1. The van der Waals surface area contributed by atoms with Gasteiger partial charge in [0.1, 0.15) is 0 Å². The first-order valence-electron chi connectivity index (χ1n) is 10.0. The SMILES string of the molecule is CCNC(=NCc1ccc(N2CC=CC2)cc1)NCCC(O)c1ccccc1. The summed E-state index contributed by atoms with van der Waals surface area (Å²) >= 11 is 0. The number of anilines is 1. The Morgan fingerprint density at radius 1 is 1.04 bits per heavy atom. The molecule has 148 valence electrons. The number of benzene rings is 2. The van der Waals surface area contributed by atoms with Crippen LogP contribution in [0.5, 0.6) is 0 Å². The zero-order chi connectivity index (χ0) is 19.6. The van der Waals surface area contributed by atoms with Gasteiger partial charge in [0.2, 0.25) is 0 Å². The Morgan fingerprint density at radius 2 is 1.75 bits per heavy atom. The molecule has 0 radical (unpaired) electrons. The molecular weight excluding hydrogens is 348 g/mol. The number of nitrogens with one attached hydrogen (secondary N) is 2. The smallest absolute Gasteiger partial charge is 0.191 e. The highest BCUT2D eigenvalue weighted by Crippen LogP contribution is 2.18. The van der Waals surface area contributed by atoms with E-state index < -0.39 is 6.10 Å². The lowest BCUT2D eigenvalue weighted by Gasteiger charge is -2.17. The summed E-state index contributed by atoms with van der Waals surface area (Å²) < 4.78 is 0. The number of aliphatic hydroxyl groups is 1. The van der Waals surface area contributed by atoms with Gasteiger partial charge < -0.3 is 20.6 Å². The molecule has 0 spiro atoms. The Balaban J connectivity index is 1.49. The van der Waals surface area contributed by atoms with Crippen molar-refractivity contribution in [2.45, 2.75) is 26.0 Å². The van der Waals surface area contributed by atoms with Crippen molar-refractivity contribution < 1.29 is 5.11 Å². The topological polar surface area (TPSA) is 59.9 Å². The van der Waals surface area contributed by atoms with E-state index in [1.807, 2.05) is 30.3 Å². The zero-order valence-corrected chi connectivity index (χ0v) is 16.5. The van der Waals surface area contributed by atoms with Gasteiger partial charge in [-0.05, 0) is 36.6 Å². The minimum absolute atomic E-state index is 0.468. The van der Waals surface area contributed by atoms with Gasteiger partial charge in [0, 0.05) is 31.9 Å². The molecule has 1 heterocycles. The third-order valence-corrected chi connectivity index (χ3v) is 4.78. The van der Waals surface area contributed by atoms with E-state index in [1.165, 1.54) is 11.3 Å². The first-order valence-corrected chi connectivity index (χ1v) is 10.0. The lowest BCUT2D eigenvalue weighted by Crippen LogP contribution is -2.38. The Kier molecular flexibility index (Phi) is 7.50. The lowest BCUT2D eigenvalue weighted by molar-refractivity contribution is 0.168. The molecule has 5 nitrogen and oxygen atoms in total. The van der Waals surface area contributed by atoms with Gasteiger partial charge in [0.05, 0.1) is 12.6 Å². The van der Waals surface area contributed by atoms with E-state index >= 15 is 0 Å². The average Bonchev–Trinajstić information content (AvgIpc) is 3.28. The minimum atomic E-state index is -0.468. The van der Waals surface area contributed by atoms with Crippen LogP contribution in [-0.4, -0.2) is 37.2 Å². The molecule has 1 unspecified atom stereocenters. The van der Waals surface area contributed by atoms with E-state index in [0.29, 0.717) is 19.5 Å². The van der Waals surface area contributed by atoms with Crippen molar-refractivity contribution in [2.24, 2.45) is 4.99 Å².